The Balaban J connectivity index is 2.42. The number of esters is 1. The maximum Gasteiger partial charge on any atom is 0.334 e. The summed E-state index contributed by atoms with van der Waals surface area (Å²) in [4.78, 5) is 10.5. The van der Waals surface area contributed by atoms with Crippen LogP contribution in [0.15, 0.2) is 0 Å². The lowest BCUT2D eigenvalue weighted by molar-refractivity contribution is -0.143. The van der Waals surface area contributed by atoms with Crippen molar-refractivity contribution in [3.05, 3.63) is 0 Å². The van der Waals surface area contributed by atoms with Gasteiger partial charge in [0.2, 0.25) is 0 Å². The standard InChI is InChI=1S/C4H8O3Si/c5-4-3(7-8)1-2-6-4/h3H,1-2H2,8H3. The number of carbonyl (C=O) groups is 1. The molecule has 1 heterocycles. The predicted octanol–water partition coefficient (Wildman–Crippen LogP) is -1.40. The van der Waals surface area contributed by atoms with Gasteiger partial charge in [-0.3, -0.25) is 0 Å². The SMILES string of the molecule is O=C1OCCC1O[SiH3]. The molecule has 0 aromatic heterocycles. The van der Waals surface area contributed by atoms with Crippen molar-refractivity contribution >= 4 is 16.5 Å². The number of ether oxygens (including phenoxy) is 1. The number of carbonyl (C=O) groups excluding carboxylic acids is 1. The third-order valence-electron chi connectivity index (χ3n) is 1.17. The predicted molar refractivity (Wildman–Crippen MR) is 30.4 cm³/mol. The van der Waals surface area contributed by atoms with Crippen LogP contribution >= 0.6 is 0 Å². The van der Waals surface area contributed by atoms with Crippen molar-refractivity contribution in [2.75, 3.05) is 6.61 Å². The van der Waals surface area contributed by atoms with Gasteiger partial charge in [-0.1, -0.05) is 0 Å². The second-order valence-electron chi connectivity index (χ2n) is 1.68. The largest absolute Gasteiger partial charge is 0.464 e. The van der Waals surface area contributed by atoms with Gasteiger partial charge in [0.25, 0.3) is 0 Å². The van der Waals surface area contributed by atoms with Gasteiger partial charge in [0.05, 0.1) is 6.61 Å². The smallest absolute Gasteiger partial charge is 0.334 e. The van der Waals surface area contributed by atoms with Crippen LogP contribution in [-0.2, 0) is 14.0 Å². The summed E-state index contributed by atoms with van der Waals surface area (Å²) in [5.74, 6) is -0.194. The molecule has 1 atom stereocenters. The lowest BCUT2D eigenvalue weighted by Gasteiger charge is -1.99. The first kappa shape index (κ1) is 5.78. The molecule has 0 aliphatic carbocycles. The first-order valence-electron chi connectivity index (χ1n) is 2.54. The molecule has 1 unspecified atom stereocenters. The summed E-state index contributed by atoms with van der Waals surface area (Å²) in [6.07, 6.45) is 0.504. The summed E-state index contributed by atoms with van der Waals surface area (Å²) in [5.41, 5.74) is 0. The minimum atomic E-state index is -0.235. The van der Waals surface area contributed by atoms with E-state index >= 15 is 0 Å². The lowest BCUT2D eigenvalue weighted by Crippen LogP contribution is -2.16. The zero-order valence-electron chi connectivity index (χ0n) is 4.72. The third-order valence-corrected chi connectivity index (χ3v) is 1.74. The molecule has 0 amide bonds. The van der Waals surface area contributed by atoms with Gasteiger partial charge in [0.15, 0.2) is 0 Å². The van der Waals surface area contributed by atoms with Crippen LogP contribution in [0.2, 0.25) is 0 Å². The molecule has 1 aliphatic rings. The van der Waals surface area contributed by atoms with E-state index < -0.39 is 0 Å². The van der Waals surface area contributed by atoms with Gasteiger partial charge in [0, 0.05) is 6.42 Å². The Morgan fingerprint density at radius 2 is 2.62 bits per heavy atom. The summed E-state index contributed by atoms with van der Waals surface area (Å²) >= 11 is 0. The van der Waals surface area contributed by atoms with Gasteiger partial charge in [-0.25, -0.2) is 4.79 Å². The summed E-state index contributed by atoms with van der Waals surface area (Å²) in [7, 11) is 0.619. The maximum absolute atomic E-state index is 10.5. The van der Waals surface area contributed by atoms with E-state index in [0.717, 1.165) is 6.42 Å². The van der Waals surface area contributed by atoms with E-state index in [1.165, 1.54) is 0 Å². The highest BCUT2D eigenvalue weighted by atomic mass is 28.2. The van der Waals surface area contributed by atoms with Crippen LogP contribution in [0.1, 0.15) is 6.42 Å². The van der Waals surface area contributed by atoms with Crippen LogP contribution in [0.25, 0.3) is 0 Å². The van der Waals surface area contributed by atoms with Crippen molar-refractivity contribution in [2.45, 2.75) is 12.5 Å². The topological polar surface area (TPSA) is 35.5 Å². The van der Waals surface area contributed by atoms with E-state index in [-0.39, 0.29) is 12.1 Å². The normalized spacial score (nSPS) is 28.5. The Bertz CT molecular complexity index is 103. The fourth-order valence-electron chi connectivity index (χ4n) is 0.691. The van der Waals surface area contributed by atoms with Crippen LogP contribution < -0.4 is 0 Å². The van der Waals surface area contributed by atoms with Gasteiger partial charge < -0.3 is 9.16 Å². The van der Waals surface area contributed by atoms with Crippen molar-refractivity contribution < 1.29 is 14.0 Å². The molecule has 0 N–H and O–H groups in total. The number of cyclic esters (lactones) is 1. The van der Waals surface area contributed by atoms with E-state index in [1.807, 2.05) is 0 Å². The minimum absolute atomic E-state index is 0.194. The number of hydrogen-bond acceptors (Lipinski definition) is 3. The molecule has 0 aromatic rings. The third kappa shape index (κ3) is 0.899. The Morgan fingerprint density at radius 3 is 2.88 bits per heavy atom. The zero-order chi connectivity index (χ0) is 5.98. The van der Waals surface area contributed by atoms with Crippen molar-refractivity contribution in [3.63, 3.8) is 0 Å². The van der Waals surface area contributed by atoms with Crippen LogP contribution in [0.5, 0.6) is 0 Å². The Labute approximate surface area is 50.5 Å². The quantitative estimate of drug-likeness (QED) is 0.325. The molecule has 0 radical (unpaired) electrons. The molecular formula is C4H8O3Si. The van der Waals surface area contributed by atoms with E-state index in [1.54, 1.807) is 0 Å². The molecule has 0 saturated carbocycles. The monoisotopic (exact) mass is 132 g/mol. The highest BCUT2D eigenvalue weighted by molar-refractivity contribution is 5.99. The Kier molecular flexibility index (Phi) is 1.64. The molecule has 0 bridgehead atoms. The van der Waals surface area contributed by atoms with Gasteiger partial charge in [-0.05, 0) is 0 Å². The first-order valence-corrected chi connectivity index (χ1v) is 3.35. The van der Waals surface area contributed by atoms with E-state index in [9.17, 15) is 4.79 Å². The van der Waals surface area contributed by atoms with Crippen LogP contribution in [0.3, 0.4) is 0 Å². The molecular weight excluding hydrogens is 124 g/mol. The van der Waals surface area contributed by atoms with Crippen molar-refractivity contribution in [3.8, 4) is 0 Å². The lowest BCUT2D eigenvalue weighted by atomic mass is 10.3. The van der Waals surface area contributed by atoms with Gasteiger partial charge in [-0.15, -0.1) is 0 Å². The first-order chi connectivity index (χ1) is 3.84. The second-order valence-corrected chi connectivity index (χ2v) is 2.15. The molecule has 1 fully saturated rings. The summed E-state index contributed by atoms with van der Waals surface area (Å²) < 4.78 is 9.50. The number of rotatable bonds is 1. The fraction of sp³-hybridized carbons (Fsp3) is 0.750. The van der Waals surface area contributed by atoms with E-state index in [4.69, 9.17) is 4.43 Å². The van der Waals surface area contributed by atoms with E-state index in [2.05, 4.69) is 4.74 Å². The maximum atomic E-state index is 10.5. The van der Waals surface area contributed by atoms with Gasteiger partial charge in [0.1, 0.15) is 16.6 Å². The van der Waals surface area contributed by atoms with Gasteiger partial charge in [-0.2, -0.15) is 0 Å². The second kappa shape index (κ2) is 2.28. The highest BCUT2D eigenvalue weighted by Gasteiger charge is 2.24. The van der Waals surface area contributed by atoms with Crippen molar-refractivity contribution in [1.29, 1.82) is 0 Å². The van der Waals surface area contributed by atoms with Crippen LogP contribution in [0.4, 0.5) is 0 Å². The van der Waals surface area contributed by atoms with E-state index in [0.29, 0.717) is 17.1 Å². The molecule has 8 heavy (non-hydrogen) atoms. The average Bonchev–Trinajstić information content (AvgIpc) is 2.14. The molecule has 0 spiro atoms. The Morgan fingerprint density at radius 1 is 1.88 bits per heavy atom. The van der Waals surface area contributed by atoms with Gasteiger partial charge >= 0.3 is 5.97 Å². The molecule has 0 aromatic carbocycles. The average molecular weight is 132 g/mol. The van der Waals surface area contributed by atoms with Crippen LogP contribution in [0, 0.1) is 0 Å². The molecule has 1 rings (SSSR count). The number of hydrogen-bond donors (Lipinski definition) is 0. The van der Waals surface area contributed by atoms with Crippen molar-refractivity contribution in [2.24, 2.45) is 0 Å². The zero-order valence-corrected chi connectivity index (χ0v) is 6.72. The highest BCUT2D eigenvalue weighted by Crippen LogP contribution is 2.07. The molecule has 1 saturated heterocycles. The summed E-state index contributed by atoms with van der Waals surface area (Å²) in [6, 6.07) is 0. The Hall–Kier alpha value is -0.353. The molecule has 46 valence electrons. The minimum Gasteiger partial charge on any atom is -0.464 e. The summed E-state index contributed by atoms with van der Waals surface area (Å²) in [5, 5.41) is 0. The van der Waals surface area contributed by atoms with Crippen molar-refractivity contribution in [1.82, 2.24) is 0 Å². The molecule has 1 aliphatic heterocycles. The molecule has 4 heteroatoms. The van der Waals surface area contributed by atoms with Crippen LogP contribution in [-0.4, -0.2) is 29.2 Å². The summed E-state index contributed by atoms with van der Waals surface area (Å²) in [6.45, 7) is 0.533. The fourth-order valence-corrected chi connectivity index (χ4v) is 1.12. The molecule has 3 nitrogen and oxygen atoms in total.